The lowest BCUT2D eigenvalue weighted by molar-refractivity contribution is -0.137. The monoisotopic (exact) mass is 405 g/mol. The van der Waals surface area contributed by atoms with Crippen LogP contribution in [0.15, 0.2) is 36.4 Å². The second-order valence-electron chi connectivity index (χ2n) is 7.64. The Bertz CT molecular complexity index is 945. The molecule has 5 nitrogen and oxygen atoms in total. The van der Waals surface area contributed by atoms with Gasteiger partial charge in [0, 0.05) is 31.4 Å². The maximum atomic E-state index is 13.1. The number of alkyl halides is 3. The molecule has 1 aliphatic heterocycles. The molecule has 2 aliphatic rings. The number of benzene rings is 2. The zero-order valence-corrected chi connectivity index (χ0v) is 15.9. The summed E-state index contributed by atoms with van der Waals surface area (Å²) in [6.45, 7) is 0.534. The molecule has 0 bridgehead atoms. The summed E-state index contributed by atoms with van der Waals surface area (Å²) >= 11 is 0. The molecule has 0 unspecified atom stereocenters. The van der Waals surface area contributed by atoms with Gasteiger partial charge >= 0.3 is 12.2 Å². The minimum Gasteiger partial charge on any atom is -0.392 e. The number of nitrogens with one attached hydrogen (secondary N) is 2. The first-order valence-corrected chi connectivity index (χ1v) is 9.51. The predicted molar refractivity (Wildman–Crippen MR) is 104 cm³/mol. The first-order chi connectivity index (χ1) is 13.7. The Morgan fingerprint density at radius 1 is 1.21 bits per heavy atom. The first-order valence-electron chi connectivity index (χ1n) is 9.51. The van der Waals surface area contributed by atoms with E-state index in [9.17, 15) is 23.1 Å². The van der Waals surface area contributed by atoms with Crippen LogP contribution in [0.25, 0.3) is 0 Å². The number of urea groups is 1. The molecule has 0 saturated heterocycles. The summed E-state index contributed by atoms with van der Waals surface area (Å²) in [5.74, 6) is 0. The normalized spacial score (nSPS) is 20.8. The van der Waals surface area contributed by atoms with E-state index in [0.29, 0.717) is 42.7 Å². The molecule has 0 saturated carbocycles. The van der Waals surface area contributed by atoms with Crippen molar-refractivity contribution >= 4 is 17.4 Å². The Morgan fingerprint density at radius 3 is 2.76 bits per heavy atom. The number of fused-ring (bicyclic) bond motifs is 2. The Hall–Kier alpha value is -2.74. The van der Waals surface area contributed by atoms with E-state index in [-0.39, 0.29) is 6.04 Å². The number of hydrogen-bond donors (Lipinski definition) is 3. The van der Waals surface area contributed by atoms with Crippen molar-refractivity contribution in [1.82, 2.24) is 5.32 Å². The highest BCUT2D eigenvalue weighted by Gasteiger charge is 2.33. The van der Waals surface area contributed by atoms with Crippen molar-refractivity contribution < 1.29 is 23.1 Å². The Labute approximate surface area is 166 Å². The molecule has 0 aromatic heterocycles. The summed E-state index contributed by atoms with van der Waals surface area (Å²) in [5.41, 5.74) is 3.02. The minimum absolute atomic E-state index is 0.383. The Balaban J connectivity index is 1.52. The largest absolute Gasteiger partial charge is 0.416 e. The number of hydrogen-bond acceptors (Lipinski definition) is 3. The molecule has 2 amide bonds. The number of anilines is 2. The fourth-order valence-electron chi connectivity index (χ4n) is 4.16. The molecule has 1 aliphatic carbocycles. The molecule has 0 fully saturated rings. The van der Waals surface area contributed by atoms with Crippen LogP contribution in [0, 0.1) is 0 Å². The van der Waals surface area contributed by atoms with Crippen molar-refractivity contribution in [1.29, 1.82) is 0 Å². The first kappa shape index (κ1) is 19.6. The summed E-state index contributed by atoms with van der Waals surface area (Å²) in [4.78, 5) is 14.4. The van der Waals surface area contributed by atoms with Crippen LogP contribution >= 0.6 is 0 Å². The van der Waals surface area contributed by atoms with E-state index in [4.69, 9.17) is 0 Å². The van der Waals surface area contributed by atoms with Gasteiger partial charge in [-0.25, -0.2) is 4.79 Å². The second kappa shape index (κ2) is 7.26. The third-order valence-corrected chi connectivity index (χ3v) is 5.62. The van der Waals surface area contributed by atoms with Gasteiger partial charge < -0.3 is 20.6 Å². The van der Waals surface area contributed by atoms with Gasteiger partial charge in [0.25, 0.3) is 0 Å². The molecule has 3 N–H and O–H groups in total. The number of halogens is 3. The molecule has 4 rings (SSSR count). The number of carbonyl (C=O) groups is 1. The van der Waals surface area contributed by atoms with Crippen LogP contribution in [0.4, 0.5) is 29.3 Å². The number of carbonyl (C=O) groups excluding carboxylic acids is 1. The van der Waals surface area contributed by atoms with Crippen LogP contribution < -0.4 is 15.5 Å². The van der Waals surface area contributed by atoms with E-state index in [1.807, 2.05) is 12.1 Å². The number of rotatable bonds is 2. The van der Waals surface area contributed by atoms with E-state index in [2.05, 4.69) is 10.6 Å². The minimum atomic E-state index is -4.41. The van der Waals surface area contributed by atoms with Crippen LogP contribution in [-0.2, 0) is 19.0 Å². The lowest BCUT2D eigenvalue weighted by Crippen LogP contribution is -2.38. The smallest absolute Gasteiger partial charge is 0.392 e. The lowest BCUT2D eigenvalue weighted by Gasteiger charge is -2.34. The van der Waals surface area contributed by atoms with Gasteiger partial charge in [0.2, 0.25) is 0 Å². The summed E-state index contributed by atoms with van der Waals surface area (Å²) in [5, 5.41) is 15.6. The summed E-state index contributed by atoms with van der Waals surface area (Å²) in [7, 11) is 1.74. The van der Waals surface area contributed by atoms with E-state index < -0.39 is 23.9 Å². The van der Waals surface area contributed by atoms with E-state index in [0.717, 1.165) is 23.3 Å². The molecule has 8 heteroatoms. The standard InChI is InChI=1S/C21H22F3N3O2/c1-27-8-7-18(15-6-5-13(10-19(15)27)21(22,23)24)26-20(29)25-17-4-2-3-12-9-14(28)11-16(12)17/h2-6,10,14,18,28H,7-9,11H2,1H3,(H2,25,26,29)/t14-,18+/m0/s1. The predicted octanol–water partition coefficient (Wildman–Crippen LogP) is 3.87. The van der Waals surface area contributed by atoms with Crippen molar-refractivity contribution in [2.45, 2.75) is 37.6 Å². The van der Waals surface area contributed by atoms with Gasteiger partial charge in [-0.15, -0.1) is 0 Å². The van der Waals surface area contributed by atoms with Crippen molar-refractivity contribution in [2.24, 2.45) is 0 Å². The molecule has 2 aromatic rings. The fourth-order valence-corrected chi connectivity index (χ4v) is 4.16. The molecule has 2 aromatic carbocycles. The van der Waals surface area contributed by atoms with Crippen LogP contribution in [0.5, 0.6) is 0 Å². The van der Waals surface area contributed by atoms with E-state index in [1.54, 1.807) is 18.0 Å². The third kappa shape index (κ3) is 3.89. The van der Waals surface area contributed by atoms with Crippen molar-refractivity contribution in [2.75, 3.05) is 23.8 Å². The quantitative estimate of drug-likeness (QED) is 0.711. The Kier molecular flexibility index (Phi) is 4.90. The highest BCUT2D eigenvalue weighted by Crippen LogP contribution is 2.38. The maximum absolute atomic E-state index is 13.1. The van der Waals surface area contributed by atoms with Crippen LogP contribution in [0.3, 0.4) is 0 Å². The number of amides is 2. The molecule has 0 spiro atoms. The maximum Gasteiger partial charge on any atom is 0.416 e. The van der Waals surface area contributed by atoms with Gasteiger partial charge in [-0.1, -0.05) is 18.2 Å². The molecular formula is C21H22F3N3O2. The Morgan fingerprint density at radius 2 is 2.00 bits per heavy atom. The summed E-state index contributed by atoms with van der Waals surface area (Å²) in [6.07, 6.45) is -3.21. The number of nitrogens with zero attached hydrogens (tertiary/aromatic N) is 1. The summed E-state index contributed by atoms with van der Waals surface area (Å²) < 4.78 is 39.2. The molecule has 0 radical (unpaired) electrons. The highest BCUT2D eigenvalue weighted by molar-refractivity contribution is 5.91. The number of aliphatic hydroxyl groups excluding tert-OH is 1. The van der Waals surface area contributed by atoms with Crippen molar-refractivity contribution in [3.05, 3.63) is 58.7 Å². The zero-order chi connectivity index (χ0) is 20.8. The van der Waals surface area contributed by atoms with Gasteiger partial charge in [-0.3, -0.25) is 0 Å². The molecular weight excluding hydrogens is 383 g/mol. The van der Waals surface area contributed by atoms with E-state index >= 15 is 0 Å². The molecule has 2 atom stereocenters. The highest BCUT2D eigenvalue weighted by atomic mass is 19.4. The fraction of sp³-hybridized carbons (Fsp3) is 0.381. The average molecular weight is 405 g/mol. The second-order valence-corrected chi connectivity index (χ2v) is 7.64. The van der Waals surface area contributed by atoms with Crippen LogP contribution in [0.2, 0.25) is 0 Å². The topological polar surface area (TPSA) is 64.6 Å². The molecule has 1 heterocycles. The van der Waals surface area contributed by atoms with Gasteiger partial charge in [0.1, 0.15) is 0 Å². The summed E-state index contributed by atoms with van der Waals surface area (Å²) in [6, 6.07) is 8.37. The van der Waals surface area contributed by atoms with Crippen LogP contribution in [-0.4, -0.2) is 30.8 Å². The van der Waals surface area contributed by atoms with Crippen molar-refractivity contribution in [3.63, 3.8) is 0 Å². The SMILES string of the molecule is CN1CC[C@@H](NC(=O)Nc2cccc3c2C[C@@H](O)C3)c2ccc(C(F)(F)F)cc21. The molecule has 29 heavy (non-hydrogen) atoms. The molecule has 154 valence electrons. The zero-order valence-electron chi connectivity index (χ0n) is 15.9. The third-order valence-electron chi connectivity index (χ3n) is 5.62. The van der Waals surface area contributed by atoms with Crippen LogP contribution in [0.1, 0.15) is 34.7 Å². The number of aliphatic hydroxyl groups is 1. The van der Waals surface area contributed by atoms with E-state index in [1.165, 1.54) is 6.07 Å². The lowest BCUT2D eigenvalue weighted by atomic mass is 9.95. The van der Waals surface area contributed by atoms with Gasteiger partial charge in [0.15, 0.2) is 0 Å². The average Bonchev–Trinajstić information content (AvgIpc) is 3.04. The van der Waals surface area contributed by atoms with Gasteiger partial charge in [0.05, 0.1) is 17.7 Å². The van der Waals surface area contributed by atoms with Gasteiger partial charge in [-0.2, -0.15) is 13.2 Å². The van der Waals surface area contributed by atoms with Crippen molar-refractivity contribution in [3.8, 4) is 0 Å². The van der Waals surface area contributed by atoms with Gasteiger partial charge in [-0.05, 0) is 47.7 Å².